The van der Waals surface area contributed by atoms with Crippen LogP contribution in [0.15, 0.2) is 48.0 Å². The summed E-state index contributed by atoms with van der Waals surface area (Å²) in [5, 5.41) is 22.8. The number of carbonyl (C=O) groups is 2. The lowest BCUT2D eigenvalue weighted by Gasteiger charge is -2.10. The molecule has 2 aromatic carbocycles. The fraction of sp³-hybridized carbons (Fsp3) is 0.227. The van der Waals surface area contributed by atoms with Gasteiger partial charge in [-0.15, -0.1) is 0 Å². The van der Waals surface area contributed by atoms with Crippen LogP contribution >= 0.6 is 0 Å². The molecule has 0 aromatic heterocycles. The highest BCUT2D eigenvalue weighted by Gasteiger charge is 2.16. The van der Waals surface area contributed by atoms with Gasteiger partial charge in [-0.3, -0.25) is 14.9 Å². The normalized spacial score (nSPS) is 10.7. The van der Waals surface area contributed by atoms with E-state index in [1.807, 2.05) is 13.0 Å². The van der Waals surface area contributed by atoms with Crippen LogP contribution in [0, 0.1) is 21.4 Å². The molecular weight excluding hydrogens is 402 g/mol. The number of non-ortho nitro benzene ring substituents is 1. The maximum absolute atomic E-state index is 12.4. The van der Waals surface area contributed by atoms with Crippen LogP contribution in [-0.2, 0) is 4.79 Å². The number of amides is 1. The molecule has 31 heavy (non-hydrogen) atoms. The summed E-state index contributed by atoms with van der Waals surface area (Å²) in [6, 6.07) is 11.5. The molecule has 2 aromatic rings. The van der Waals surface area contributed by atoms with Crippen molar-refractivity contribution in [1.82, 2.24) is 5.32 Å². The summed E-state index contributed by atoms with van der Waals surface area (Å²) in [5.41, 5.74) is 0.201. The zero-order valence-electron chi connectivity index (χ0n) is 17.1. The minimum atomic E-state index is -0.793. The lowest BCUT2D eigenvalue weighted by molar-refractivity contribution is -0.384. The summed E-state index contributed by atoms with van der Waals surface area (Å²) >= 11 is 0. The smallest absolute Gasteiger partial charge is 0.343 e. The molecular formula is C22H21N3O6. The van der Waals surface area contributed by atoms with Gasteiger partial charge in [0.25, 0.3) is 11.6 Å². The maximum atomic E-state index is 12.4. The Labute approximate surface area is 179 Å². The summed E-state index contributed by atoms with van der Waals surface area (Å²) in [7, 11) is 1.37. The third kappa shape index (κ3) is 6.40. The quantitative estimate of drug-likeness (QED) is 0.124. The summed E-state index contributed by atoms with van der Waals surface area (Å²) < 4.78 is 10.5. The van der Waals surface area contributed by atoms with Gasteiger partial charge in [-0.25, -0.2) is 4.79 Å². The first-order valence-electron chi connectivity index (χ1n) is 9.44. The van der Waals surface area contributed by atoms with Crippen molar-refractivity contribution in [3.05, 3.63) is 69.3 Å². The number of hydrogen-bond donors (Lipinski definition) is 1. The average molecular weight is 423 g/mol. The Hall–Kier alpha value is -4.19. The van der Waals surface area contributed by atoms with Crippen LogP contribution in [0.4, 0.5) is 5.69 Å². The molecule has 0 heterocycles. The number of esters is 1. The zero-order valence-corrected chi connectivity index (χ0v) is 17.1. The van der Waals surface area contributed by atoms with Crippen LogP contribution in [0.25, 0.3) is 6.08 Å². The average Bonchev–Trinajstić information content (AvgIpc) is 2.78. The monoisotopic (exact) mass is 423 g/mol. The minimum Gasteiger partial charge on any atom is -0.493 e. The van der Waals surface area contributed by atoms with Gasteiger partial charge in [-0.1, -0.05) is 25.5 Å². The molecule has 2 rings (SSSR count). The summed E-state index contributed by atoms with van der Waals surface area (Å²) in [4.78, 5) is 34.7. The number of methoxy groups -OCH3 is 1. The van der Waals surface area contributed by atoms with Crippen LogP contribution in [-0.4, -0.2) is 30.5 Å². The number of nitrogens with one attached hydrogen (secondary N) is 1. The Morgan fingerprint density at radius 1 is 1.23 bits per heavy atom. The third-order valence-electron chi connectivity index (χ3n) is 4.17. The standard InChI is InChI=1S/C22H21N3O6/c1-3-4-10-24-21(26)17(14-23)11-15-8-9-19(20(12-15)30-2)31-22(27)16-6-5-7-18(13-16)25(28)29/h5-9,11-13H,3-4,10H2,1-2H3,(H,24,26)/b17-11+. The molecule has 0 atom stereocenters. The Balaban J connectivity index is 2.22. The van der Waals surface area contributed by atoms with E-state index in [2.05, 4.69) is 5.32 Å². The molecule has 0 radical (unpaired) electrons. The van der Waals surface area contributed by atoms with Crippen molar-refractivity contribution in [2.45, 2.75) is 19.8 Å². The number of nitrogens with zero attached hydrogens (tertiary/aromatic N) is 2. The number of rotatable bonds is 9. The molecule has 0 bridgehead atoms. The zero-order chi connectivity index (χ0) is 22.8. The van der Waals surface area contributed by atoms with Crippen molar-refractivity contribution in [3.63, 3.8) is 0 Å². The number of benzene rings is 2. The highest BCUT2D eigenvalue weighted by molar-refractivity contribution is 6.01. The van der Waals surface area contributed by atoms with Crippen LogP contribution in [0.2, 0.25) is 0 Å². The Morgan fingerprint density at radius 3 is 2.65 bits per heavy atom. The molecule has 9 heteroatoms. The molecule has 160 valence electrons. The van der Waals surface area contributed by atoms with Crippen LogP contribution in [0.1, 0.15) is 35.7 Å². The van der Waals surface area contributed by atoms with E-state index in [1.165, 1.54) is 43.5 Å². The van der Waals surface area contributed by atoms with Crippen molar-refractivity contribution in [1.29, 1.82) is 5.26 Å². The van der Waals surface area contributed by atoms with E-state index in [-0.39, 0.29) is 28.3 Å². The molecule has 0 unspecified atom stereocenters. The van der Waals surface area contributed by atoms with Gasteiger partial charge in [-0.05, 0) is 36.3 Å². The second-order valence-corrected chi connectivity index (χ2v) is 6.39. The van der Waals surface area contributed by atoms with E-state index in [9.17, 15) is 25.0 Å². The van der Waals surface area contributed by atoms with E-state index >= 15 is 0 Å². The second kappa shape index (κ2) is 11.1. The molecule has 0 aliphatic carbocycles. The maximum Gasteiger partial charge on any atom is 0.343 e. The first-order chi connectivity index (χ1) is 14.9. The molecule has 9 nitrogen and oxygen atoms in total. The third-order valence-corrected chi connectivity index (χ3v) is 4.17. The Kier molecular flexibility index (Phi) is 8.28. The van der Waals surface area contributed by atoms with Crippen LogP contribution in [0.3, 0.4) is 0 Å². The molecule has 0 saturated heterocycles. The fourth-order valence-corrected chi connectivity index (χ4v) is 2.55. The second-order valence-electron chi connectivity index (χ2n) is 6.39. The molecule has 0 saturated carbocycles. The lowest BCUT2D eigenvalue weighted by atomic mass is 10.1. The van der Waals surface area contributed by atoms with E-state index in [0.29, 0.717) is 12.1 Å². The van der Waals surface area contributed by atoms with Crippen LogP contribution in [0.5, 0.6) is 11.5 Å². The lowest BCUT2D eigenvalue weighted by Crippen LogP contribution is -2.25. The van der Waals surface area contributed by atoms with Gasteiger partial charge in [-0.2, -0.15) is 5.26 Å². The topological polar surface area (TPSA) is 132 Å². The van der Waals surface area contributed by atoms with Crippen molar-refractivity contribution in [2.24, 2.45) is 0 Å². The highest BCUT2D eigenvalue weighted by atomic mass is 16.6. The van der Waals surface area contributed by atoms with Crippen molar-refractivity contribution in [2.75, 3.05) is 13.7 Å². The largest absolute Gasteiger partial charge is 0.493 e. The Morgan fingerprint density at radius 2 is 2.00 bits per heavy atom. The number of nitro groups is 1. The summed E-state index contributed by atoms with van der Waals surface area (Å²) in [6.45, 7) is 2.47. The molecule has 0 aliphatic rings. The number of unbranched alkanes of at least 4 members (excludes halogenated alkanes) is 1. The number of carbonyl (C=O) groups excluding carboxylic acids is 2. The highest BCUT2D eigenvalue weighted by Crippen LogP contribution is 2.30. The van der Waals surface area contributed by atoms with Crippen LogP contribution < -0.4 is 14.8 Å². The molecule has 0 aliphatic heterocycles. The van der Waals surface area contributed by atoms with Gasteiger partial charge in [0.05, 0.1) is 17.6 Å². The van der Waals surface area contributed by atoms with Gasteiger partial charge in [0, 0.05) is 18.7 Å². The van der Waals surface area contributed by atoms with E-state index in [1.54, 1.807) is 6.07 Å². The van der Waals surface area contributed by atoms with E-state index in [4.69, 9.17) is 9.47 Å². The van der Waals surface area contributed by atoms with Gasteiger partial charge in [0.15, 0.2) is 11.5 Å². The van der Waals surface area contributed by atoms with Crippen molar-refractivity contribution < 1.29 is 24.0 Å². The summed E-state index contributed by atoms with van der Waals surface area (Å²) in [5.74, 6) is -0.993. The van der Waals surface area contributed by atoms with Gasteiger partial charge >= 0.3 is 5.97 Å². The van der Waals surface area contributed by atoms with Gasteiger partial charge < -0.3 is 14.8 Å². The first kappa shape index (κ1) is 23.1. The fourth-order valence-electron chi connectivity index (χ4n) is 2.55. The van der Waals surface area contributed by atoms with E-state index < -0.39 is 16.8 Å². The Bertz CT molecular complexity index is 1060. The molecule has 0 fully saturated rings. The number of ether oxygens (including phenoxy) is 2. The first-order valence-corrected chi connectivity index (χ1v) is 9.44. The number of nitriles is 1. The SMILES string of the molecule is CCCCNC(=O)/C(C#N)=C/c1ccc(OC(=O)c2cccc([N+](=O)[O-])c2)c(OC)c1. The van der Waals surface area contributed by atoms with E-state index in [0.717, 1.165) is 18.9 Å². The van der Waals surface area contributed by atoms with Gasteiger partial charge in [0.2, 0.25) is 0 Å². The molecule has 1 amide bonds. The number of nitro benzene ring substituents is 1. The van der Waals surface area contributed by atoms with Crippen molar-refractivity contribution >= 4 is 23.6 Å². The van der Waals surface area contributed by atoms with Gasteiger partial charge in [0.1, 0.15) is 11.6 Å². The van der Waals surface area contributed by atoms with Crippen molar-refractivity contribution in [3.8, 4) is 17.6 Å². The molecule has 0 spiro atoms. The molecule has 1 N–H and O–H groups in total. The predicted octanol–water partition coefficient (Wildman–Crippen LogP) is 3.65. The predicted molar refractivity (Wildman–Crippen MR) is 113 cm³/mol. The minimum absolute atomic E-state index is 0.00995. The number of hydrogen-bond acceptors (Lipinski definition) is 7. The summed E-state index contributed by atoms with van der Waals surface area (Å²) in [6.07, 6.45) is 3.12.